The Bertz CT molecular complexity index is 1070. The van der Waals surface area contributed by atoms with Gasteiger partial charge in [0.2, 0.25) is 10.0 Å². The number of nitrogens with zero attached hydrogens (tertiary/aromatic N) is 3. The smallest absolute Gasteiger partial charge is 0.278 e. The number of hydrogen-bond acceptors (Lipinski definition) is 4. The minimum atomic E-state index is -3.71. The summed E-state index contributed by atoms with van der Waals surface area (Å²) in [5.41, 5.74) is 0.496. The summed E-state index contributed by atoms with van der Waals surface area (Å²) in [7, 11) is -2.08. The van der Waals surface area contributed by atoms with E-state index in [9.17, 15) is 13.2 Å². The molecule has 0 aliphatic carbocycles. The molecule has 1 heterocycles. The molecule has 3 aromatic rings. The molecule has 0 amide bonds. The number of sulfonamides is 1. The molecule has 0 aliphatic rings. The lowest BCUT2D eigenvalue weighted by atomic mass is 10.2. The molecule has 0 aliphatic heterocycles. The average molecular weight is 393 g/mol. The molecule has 1 aromatic heterocycles. The Balaban J connectivity index is 1.74. The predicted molar refractivity (Wildman–Crippen MR) is 99.5 cm³/mol. The van der Waals surface area contributed by atoms with Crippen molar-refractivity contribution in [2.24, 2.45) is 7.05 Å². The highest BCUT2D eigenvalue weighted by molar-refractivity contribution is 7.89. The Kier molecular flexibility index (Phi) is 5.26. The Morgan fingerprint density at radius 1 is 1.12 bits per heavy atom. The average Bonchev–Trinajstić information content (AvgIpc) is 2.91. The highest BCUT2D eigenvalue weighted by atomic mass is 35.5. The number of aromatic nitrogens is 3. The predicted octanol–water partition coefficient (Wildman–Crippen LogP) is 1.88. The summed E-state index contributed by atoms with van der Waals surface area (Å²) in [5.74, 6) is 0.522. The second kappa shape index (κ2) is 7.45. The Labute approximate surface area is 155 Å². The van der Waals surface area contributed by atoms with Gasteiger partial charge in [-0.2, -0.15) is 0 Å². The van der Waals surface area contributed by atoms with Crippen LogP contribution in [0.5, 0.6) is 0 Å². The molecule has 0 atom stereocenters. The molecule has 0 saturated carbocycles. The van der Waals surface area contributed by atoms with Gasteiger partial charge in [0.05, 0.1) is 11.4 Å². The molecule has 0 fully saturated rings. The van der Waals surface area contributed by atoms with Crippen LogP contribution >= 0.6 is 11.6 Å². The SMILES string of the molecule is Cn1c(-c2ccccc2)nn(CCNS(=O)(=O)c2cccc(Cl)c2)c1=O. The lowest BCUT2D eigenvalue weighted by Gasteiger charge is -2.06. The van der Waals surface area contributed by atoms with Crippen molar-refractivity contribution in [3.8, 4) is 11.4 Å². The first kappa shape index (κ1) is 18.4. The van der Waals surface area contributed by atoms with Crippen molar-refractivity contribution in [2.75, 3.05) is 6.54 Å². The second-order valence-corrected chi connectivity index (χ2v) is 7.81. The summed E-state index contributed by atoms with van der Waals surface area (Å²) in [6, 6.07) is 15.3. The van der Waals surface area contributed by atoms with Gasteiger partial charge < -0.3 is 0 Å². The minimum Gasteiger partial charge on any atom is -0.278 e. The van der Waals surface area contributed by atoms with Gasteiger partial charge in [0.15, 0.2) is 5.82 Å². The quantitative estimate of drug-likeness (QED) is 0.694. The minimum absolute atomic E-state index is 0.0278. The zero-order valence-electron chi connectivity index (χ0n) is 14.0. The lowest BCUT2D eigenvalue weighted by Crippen LogP contribution is -2.31. The topological polar surface area (TPSA) is 86.0 Å². The molecule has 0 radical (unpaired) electrons. The number of rotatable bonds is 6. The first-order valence-electron chi connectivity index (χ1n) is 7.83. The first-order chi connectivity index (χ1) is 12.4. The van der Waals surface area contributed by atoms with Crippen LogP contribution in [0.25, 0.3) is 11.4 Å². The fourth-order valence-electron chi connectivity index (χ4n) is 2.48. The standard InChI is InChI=1S/C17H17ClN4O3S/c1-21-16(13-6-3-2-4-7-13)20-22(17(21)23)11-10-19-26(24,25)15-9-5-8-14(18)12-15/h2-9,12,19H,10-11H2,1H3. The van der Waals surface area contributed by atoms with Gasteiger partial charge in [-0.1, -0.05) is 48.0 Å². The molecule has 0 bridgehead atoms. The third-order valence-electron chi connectivity index (χ3n) is 3.79. The van der Waals surface area contributed by atoms with Crippen LogP contribution in [-0.4, -0.2) is 29.3 Å². The van der Waals surface area contributed by atoms with E-state index < -0.39 is 10.0 Å². The first-order valence-corrected chi connectivity index (χ1v) is 9.69. The van der Waals surface area contributed by atoms with E-state index in [1.54, 1.807) is 19.2 Å². The molecule has 0 unspecified atom stereocenters. The molecule has 0 saturated heterocycles. The Hall–Kier alpha value is -2.42. The van der Waals surface area contributed by atoms with E-state index in [0.717, 1.165) is 5.56 Å². The van der Waals surface area contributed by atoms with Crippen LogP contribution in [0.2, 0.25) is 5.02 Å². The molecule has 26 heavy (non-hydrogen) atoms. The van der Waals surface area contributed by atoms with E-state index in [4.69, 9.17) is 11.6 Å². The van der Waals surface area contributed by atoms with Crippen molar-refractivity contribution < 1.29 is 8.42 Å². The molecule has 1 N–H and O–H groups in total. The molecule has 0 spiro atoms. The van der Waals surface area contributed by atoms with Gasteiger partial charge in [0.1, 0.15) is 0 Å². The van der Waals surface area contributed by atoms with Crippen LogP contribution in [0.15, 0.2) is 64.3 Å². The molecule has 7 nitrogen and oxygen atoms in total. The normalized spacial score (nSPS) is 11.6. The summed E-state index contributed by atoms with van der Waals surface area (Å²) < 4.78 is 29.7. The molecular formula is C17H17ClN4O3S. The summed E-state index contributed by atoms with van der Waals surface area (Å²) in [6.45, 7) is 0.138. The highest BCUT2D eigenvalue weighted by Crippen LogP contribution is 2.15. The molecular weight excluding hydrogens is 376 g/mol. The van der Waals surface area contributed by atoms with Gasteiger partial charge in [0, 0.05) is 24.2 Å². The zero-order valence-corrected chi connectivity index (χ0v) is 15.5. The summed E-state index contributed by atoms with van der Waals surface area (Å²) >= 11 is 5.83. The van der Waals surface area contributed by atoms with Gasteiger partial charge in [-0.05, 0) is 18.2 Å². The Morgan fingerprint density at radius 2 is 1.85 bits per heavy atom. The molecule has 9 heteroatoms. The van der Waals surface area contributed by atoms with Crippen molar-refractivity contribution in [3.05, 3.63) is 70.1 Å². The van der Waals surface area contributed by atoms with Crippen LogP contribution in [0.4, 0.5) is 0 Å². The van der Waals surface area contributed by atoms with Crippen LogP contribution in [-0.2, 0) is 23.6 Å². The highest BCUT2D eigenvalue weighted by Gasteiger charge is 2.15. The van der Waals surface area contributed by atoms with E-state index >= 15 is 0 Å². The van der Waals surface area contributed by atoms with Gasteiger partial charge in [-0.25, -0.2) is 22.6 Å². The summed E-state index contributed by atoms with van der Waals surface area (Å²) in [6.07, 6.45) is 0. The number of hydrogen-bond donors (Lipinski definition) is 1. The van der Waals surface area contributed by atoms with Crippen LogP contribution in [0, 0.1) is 0 Å². The van der Waals surface area contributed by atoms with Crippen molar-refractivity contribution in [1.29, 1.82) is 0 Å². The summed E-state index contributed by atoms with van der Waals surface area (Å²) in [5, 5.41) is 4.63. The molecule has 3 rings (SSSR count). The molecule has 2 aromatic carbocycles. The van der Waals surface area contributed by atoms with E-state index in [-0.39, 0.29) is 23.7 Å². The maximum Gasteiger partial charge on any atom is 0.345 e. The third kappa shape index (κ3) is 3.87. The maximum absolute atomic E-state index is 12.3. The van der Waals surface area contributed by atoms with Crippen molar-refractivity contribution in [3.63, 3.8) is 0 Å². The number of benzene rings is 2. The van der Waals surface area contributed by atoms with Crippen molar-refractivity contribution >= 4 is 21.6 Å². The van der Waals surface area contributed by atoms with Crippen LogP contribution in [0.1, 0.15) is 0 Å². The van der Waals surface area contributed by atoms with E-state index in [2.05, 4.69) is 9.82 Å². The fraction of sp³-hybridized carbons (Fsp3) is 0.176. The number of nitrogens with one attached hydrogen (secondary N) is 1. The monoisotopic (exact) mass is 392 g/mol. The zero-order chi connectivity index (χ0) is 18.7. The van der Waals surface area contributed by atoms with Crippen LogP contribution < -0.4 is 10.4 Å². The maximum atomic E-state index is 12.3. The van der Waals surface area contributed by atoms with E-state index in [0.29, 0.717) is 10.8 Å². The van der Waals surface area contributed by atoms with Gasteiger partial charge in [-0.3, -0.25) is 4.57 Å². The lowest BCUT2D eigenvalue weighted by molar-refractivity contribution is 0.551. The van der Waals surface area contributed by atoms with Gasteiger partial charge in [0.25, 0.3) is 0 Å². The summed E-state index contributed by atoms with van der Waals surface area (Å²) in [4.78, 5) is 12.4. The largest absolute Gasteiger partial charge is 0.345 e. The number of halogens is 1. The van der Waals surface area contributed by atoms with Crippen molar-refractivity contribution in [1.82, 2.24) is 19.1 Å². The fourth-order valence-corrected chi connectivity index (χ4v) is 3.80. The second-order valence-electron chi connectivity index (χ2n) is 5.61. The van der Waals surface area contributed by atoms with Crippen molar-refractivity contribution in [2.45, 2.75) is 11.4 Å². The van der Waals surface area contributed by atoms with Gasteiger partial charge in [-0.15, -0.1) is 5.10 Å². The van der Waals surface area contributed by atoms with E-state index in [1.807, 2.05) is 30.3 Å². The van der Waals surface area contributed by atoms with Gasteiger partial charge >= 0.3 is 5.69 Å². The third-order valence-corrected chi connectivity index (χ3v) is 5.49. The molecule has 136 valence electrons. The Morgan fingerprint density at radius 3 is 2.54 bits per heavy atom. The van der Waals surface area contributed by atoms with Crippen LogP contribution in [0.3, 0.4) is 0 Å². The van der Waals surface area contributed by atoms with E-state index in [1.165, 1.54) is 21.4 Å².